The summed E-state index contributed by atoms with van der Waals surface area (Å²) < 4.78 is 7.90. The van der Waals surface area contributed by atoms with E-state index in [0.29, 0.717) is 11.8 Å². The average molecular weight is 167 g/mol. The highest BCUT2D eigenvalue weighted by Gasteiger charge is 2.46. The van der Waals surface area contributed by atoms with Crippen LogP contribution in [0.5, 0.6) is 0 Å². The average Bonchev–Trinajstić information content (AvgIpc) is 2.74. The van der Waals surface area contributed by atoms with E-state index < -0.39 is 0 Å². The molecule has 2 atom stereocenters. The van der Waals surface area contributed by atoms with Gasteiger partial charge in [-0.3, -0.25) is 0 Å². The zero-order valence-electron chi connectivity index (χ0n) is 8.20. The number of fused-ring (bicyclic) bond motifs is 3. The second-order valence-electron chi connectivity index (χ2n) is 4.04. The highest BCUT2D eigenvalue weighted by atomic mass is 14.5. The third-order valence-electron chi connectivity index (χ3n) is 3.35. The van der Waals surface area contributed by atoms with E-state index in [9.17, 15) is 0 Å². The maximum absolute atomic E-state index is 7.90. The topological polar surface area (TPSA) is 0 Å². The molecule has 62 valence electrons. The Morgan fingerprint density at radius 1 is 1.00 bits per heavy atom. The van der Waals surface area contributed by atoms with Crippen LogP contribution in [-0.4, -0.2) is 0 Å². The lowest BCUT2D eigenvalue weighted by Crippen LogP contribution is -1.81. The first-order valence-electron chi connectivity index (χ1n) is 5.39. The van der Waals surface area contributed by atoms with Crippen molar-refractivity contribution in [3.8, 4) is 0 Å². The van der Waals surface area contributed by atoms with Gasteiger partial charge in [-0.15, -0.1) is 0 Å². The fraction of sp³-hybridized carbons (Fsp3) is 0.231. The Bertz CT molecular complexity index is 499. The third kappa shape index (κ3) is 0.601. The van der Waals surface area contributed by atoms with E-state index >= 15 is 0 Å². The van der Waals surface area contributed by atoms with Crippen molar-refractivity contribution in [2.75, 3.05) is 0 Å². The Morgan fingerprint density at radius 2 is 1.62 bits per heavy atom. The van der Waals surface area contributed by atoms with Crippen molar-refractivity contribution in [2.24, 2.45) is 0 Å². The molecule has 0 heteroatoms. The first kappa shape index (κ1) is 5.43. The van der Waals surface area contributed by atoms with Gasteiger partial charge >= 0.3 is 0 Å². The summed E-state index contributed by atoms with van der Waals surface area (Å²) in [6.45, 7) is 0. The van der Waals surface area contributed by atoms with E-state index in [4.69, 9.17) is 1.37 Å². The standard InChI is InChI=1S/C13H10/c1-3-8-4-2-6-10-12-7-11(12)9(5-1)13(8)10/h1-6,11-12H,7H2/i7D. The summed E-state index contributed by atoms with van der Waals surface area (Å²) in [5.74, 6) is 1.02. The van der Waals surface area contributed by atoms with E-state index in [0.717, 1.165) is 0 Å². The zero-order chi connectivity index (χ0) is 9.28. The van der Waals surface area contributed by atoms with Crippen LogP contribution in [0, 0.1) is 0 Å². The van der Waals surface area contributed by atoms with Gasteiger partial charge in [-0.2, -0.15) is 0 Å². The van der Waals surface area contributed by atoms with Crippen molar-refractivity contribution < 1.29 is 1.37 Å². The minimum absolute atomic E-state index is 0.135. The summed E-state index contributed by atoms with van der Waals surface area (Å²) >= 11 is 0. The highest BCUT2D eigenvalue weighted by molar-refractivity contribution is 5.93. The van der Waals surface area contributed by atoms with Gasteiger partial charge in [0.25, 0.3) is 0 Å². The molecule has 0 spiro atoms. The molecular formula is C13H10. The van der Waals surface area contributed by atoms with Crippen LogP contribution in [0.4, 0.5) is 0 Å². The molecule has 0 aromatic heterocycles. The number of hydrogen-bond donors (Lipinski definition) is 0. The molecule has 0 nitrogen and oxygen atoms in total. The smallest absolute Gasteiger partial charge is 0.0279 e. The molecule has 0 saturated heterocycles. The second kappa shape index (κ2) is 1.79. The normalized spacial score (nSPS) is 34.5. The fourth-order valence-corrected chi connectivity index (χ4v) is 2.71. The predicted octanol–water partition coefficient (Wildman–Crippen LogP) is 3.42. The van der Waals surface area contributed by atoms with Gasteiger partial charge in [0.1, 0.15) is 0 Å². The Hall–Kier alpha value is -1.30. The van der Waals surface area contributed by atoms with Gasteiger partial charge in [0.05, 0.1) is 0 Å². The zero-order valence-corrected chi connectivity index (χ0v) is 7.20. The molecule has 2 aliphatic carbocycles. The maximum Gasteiger partial charge on any atom is 0.0279 e. The van der Waals surface area contributed by atoms with Crippen LogP contribution in [0.25, 0.3) is 10.8 Å². The van der Waals surface area contributed by atoms with Crippen LogP contribution < -0.4 is 0 Å². The minimum Gasteiger partial charge on any atom is -0.0613 e. The van der Waals surface area contributed by atoms with Crippen molar-refractivity contribution >= 4 is 10.8 Å². The van der Waals surface area contributed by atoms with Crippen molar-refractivity contribution in [3.05, 3.63) is 47.5 Å². The number of rotatable bonds is 0. The molecule has 0 aliphatic heterocycles. The lowest BCUT2D eigenvalue weighted by atomic mass is 10.0. The SMILES string of the molecule is [2H]C1C2c3cccc4cccc(c34)C12. The largest absolute Gasteiger partial charge is 0.0613 e. The van der Waals surface area contributed by atoms with Crippen LogP contribution in [0.3, 0.4) is 0 Å². The molecule has 0 bridgehead atoms. The van der Waals surface area contributed by atoms with Crippen LogP contribution in [0.1, 0.15) is 30.7 Å². The maximum atomic E-state index is 7.90. The van der Waals surface area contributed by atoms with E-state index in [1.807, 2.05) is 0 Å². The first-order chi connectivity index (χ1) is 6.88. The predicted molar refractivity (Wildman–Crippen MR) is 54.0 cm³/mol. The van der Waals surface area contributed by atoms with Crippen molar-refractivity contribution in [1.82, 2.24) is 0 Å². The Morgan fingerprint density at radius 3 is 2.23 bits per heavy atom. The summed E-state index contributed by atoms with van der Waals surface area (Å²) in [6.07, 6.45) is 0.135. The Balaban J connectivity index is 2.19. The van der Waals surface area contributed by atoms with Gasteiger partial charge in [-0.05, 0) is 40.1 Å². The Kier molecular flexibility index (Phi) is 0.749. The molecule has 1 fully saturated rings. The van der Waals surface area contributed by atoms with Crippen LogP contribution in [0.2, 0.25) is 0 Å². The minimum atomic E-state index is 0.135. The van der Waals surface area contributed by atoms with E-state index in [2.05, 4.69) is 36.4 Å². The van der Waals surface area contributed by atoms with Crippen molar-refractivity contribution in [3.63, 3.8) is 0 Å². The molecule has 2 aromatic rings. The van der Waals surface area contributed by atoms with Gasteiger partial charge in [-0.1, -0.05) is 36.4 Å². The lowest BCUT2D eigenvalue weighted by molar-refractivity contribution is 1.10. The molecule has 4 rings (SSSR count). The van der Waals surface area contributed by atoms with Crippen molar-refractivity contribution in [2.45, 2.75) is 18.2 Å². The number of benzene rings is 2. The van der Waals surface area contributed by atoms with Crippen LogP contribution >= 0.6 is 0 Å². The van der Waals surface area contributed by atoms with Gasteiger partial charge in [0.2, 0.25) is 0 Å². The van der Waals surface area contributed by atoms with Gasteiger partial charge in [0.15, 0.2) is 0 Å². The monoisotopic (exact) mass is 167 g/mol. The van der Waals surface area contributed by atoms with E-state index in [1.165, 1.54) is 21.9 Å². The summed E-state index contributed by atoms with van der Waals surface area (Å²) in [4.78, 5) is 0. The van der Waals surface area contributed by atoms with Gasteiger partial charge in [-0.25, -0.2) is 0 Å². The van der Waals surface area contributed by atoms with Crippen molar-refractivity contribution in [1.29, 1.82) is 0 Å². The molecular weight excluding hydrogens is 156 g/mol. The van der Waals surface area contributed by atoms with Gasteiger partial charge in [0, 0.05) is 1.37 Å². The number of hydrogen-bond acceptors (Lipinski definition) is 0. The lowest BCUT2D eigenvalue weighted by Gasteiger charge is -2.03. The van der Waals surface area contributed by atoms with Gasteiger partial charge < -0.3 is 0 Å². The molecule has 13 heavy (non-hydrogen) atoms. The fourth-order valence-electron chi connectivity index (χ4n) is 2.71. The molecule has 0 heterocycles. The van der Waals surface area contributed by atoms with Crippen LogP contribution in [-0.2, 0) is 0 Å². The molecule has 2 unspecified atom stereocenters. The quantitative estimate of drug-likeness (QED) is 0.564. The molecule has 0 N–H and O–H groups in total. The molecule has 0 amide bonds. The molecule has 1 saturated carbocycles. The molecule has 2 aliphatic rings. The second-order valence-corrected chi connectivity index (χ2v) is 4.04. The molecule has 2 aromatic carbocycles. The summed E-state index contributed by atoms with van der Waals surface area (Å²) in [6, 6.07) is 13.0. The van der Waals surface area contributed by atoms with Crippen LogP contribution in [0.15, 0.2) is 36.4 Å². The summed E-state index contributed by atoms with van der Waals surface area (Å²) in [5.41, 5.74) is 2.84. The highest BCUT2D eigenvalue weighted by Crippen LogP contribution is 2.62. The third-order valence-corrected chi connectivity index (χ3v) is 3.35. The summed E-state index contributed by atoms with van der Waals surface area (Å²) in [5, 5.41) is 2.79. The van der Waals surface area contributed by atoms with E-state index in [-0.39, 0.29) is 6.40 Å². The summed E-state index contributed by atoms with van der Waals surface area (Å²) in [7, 11) is 0. The Labute approximate surface area is 78.6 Å². The first-order valence-corrected chi connectivity index (χ1v) is 4.82. The van der Waals surface area contributed by atoms with E-state index in [1.54, 1.807) is 0 Å². The molecule has 0 radical (unpaired) electrons.